The standard InChI is InChI=1S/C29H25ClN2O3/c1-34-24-16-12-22(13-17-24)31-18-25-28(19-8-14-23(33)15-9-19)32-26-4-2-3-5-27(26)35-29(25)20-6-10-21(30)11-7-20/h2-17,25,29,31,33H,18H2,1H3. The Morgan fingerprint density at radius 2 is 1.63 bits per heavy atom. The molecule has 0 radical (unpaired) electrons. The van der Waals surface area contributed by atoms with Crippen molar-refractivity contribution in [2.24, 2.45) is 10.9 Å². The van der Waals surface area contributed by atoms with Crippen molar-refractivity contribution in [2.75, 3.05) is 19.0 Å². The number of fused-ring (bicyclic) bond motifs is 1. The van der Waals surface area contributed by atoms with Crippen LogP contribution >= 0.6 is 11.6 Å². The van der Waals surface area contributed by atoms with Crippen LogP contribution < -0.4 is 14.8 Å². The number of phenolic OH excluding ortho intramolecular Hbond substituents is 1. The summed E-state index contributed by atoms with van der Waals surface area (Å²) in [6, 6.07) is 30.5. The number of nitrogens with one attached hydrogen (secondary N) is 1. The molecule has 0 aromatic heterocycles. The summed E-state index contributed by atoms with van der Waals surface area (Å²) in [5, 5.41) is 14.1. The summed E-state index contributed by atoms with van der Waals surface area (Å²) < 4.78 is 11.9. The maximum absolute atomic E-state index is 9.89. The van der Waals surface area contributed by atoms with Gasteiger partial charge < -0.3 is 19.9 Å². The van der Waals surface area contributed by atoms with Crippen molar-refractivity contribution in [2.45, 2.75) is 6.10 Å². The molecule has 4 aromatic rings. The van der Waals surface area contributed by atoms with Gasteiger partial charge in [0.2, 0.25) is 0 Å². The third-order valence-electron chi connectivity index (χ3n) is 6.05. The monoisotopic (exact) mass is 484 g/mol. The molecule has 5 rings (SSSR count). The quantitative estimate of drug-likeness (QED) is 0.308. The fourth-order valence-electron chi connectivity index (χ4n) is 4.23. The van der Waals surface area contributed by atoms with Gasteiger partial charge in [0.25, 0.3) is 0 Å². The van der Waals surface area contributed by atoms with Crippen molar-refractivity contribution in [3.8, 4) is 17.2 Å². The van der Waals surface area contributed by atoms with Gasteiger partial charge >= 0.3 is 0 Å². The van der Waals surface area contributed by atoms with Crippen LogP contribution in [0.5, 0.6) is 17.2 Å². The topological polar surface area (TPSA) is 63.1 Å². The number of ether oxygens (including phenoxy) is 2. The number of methoxy groups -OCH3 is 1. The van der Waals surface area contributed by atoms with Crippen LogP contribution in [0.1, 0.15) is 17.2 Å². The smallest absolute Gasteiger partial charge is 0.145 e. The van der Waals surface area contributed by atoms with E-state index >= 15 is 0 Å². The molecule has 0 amide bonds. The van der Waals surface area contributed by atoms with Crippen LogP contribution in [-0.4, -0.2) is 24.5 Å². The zero-order chi connectivity index (χ0) is 24.2. The number of halogens is 1. The van der Waals surface area contributed by atoms with Gasteiger partial charge in [0.05, 0.1) is 18.7 Å². The first-order chi connectivity index (χ1) is 17.1. The number of aromatic hydroxyl groups is 1. The van der Waals surface area contributed by atoms with Gasteiger partial charge in [0.1, 0.15) is 29.0 Å². The molecule has 0 saturated carbocycles. The van der Waals surface area contributed by atoms with E-state index in [0.29, 0.717) is 11.6 Å². The lowest BCUT2D eigenvalue weighted by Gasteiger charge is -2.28. The molecule has 6 heteroatoms. The lowest BCUT2D eigenvalue weighted by Crippen LogP contribution is -2.32. The Labute approximate surface area is 209 Å². The van der Waals surface area contributed by atoms with Crippen LogP contribution in [0.4, 0.5) is 11.4 Å². The second kappa shape index (κ2) is 10.1. The molecule has 2 unspecified atom stereocenters. The van der Waals surface area contributed by atoms with Crippen LogP contribution in [0.15, 0.2) is 102 Å². The zero-order valence-corrected chi connectivity index (χ0v) is 19.9. The Morgan fingerprint density at radius 1 is 0.914 bits per heavy atom. The van der Waals surface area contributed by atoms with Crippen LogP contribution in [0, 0.1) is 5.92 Å². The molecule has 2 atom stereocenters. The summed E-state index contributed by atoms with van der Waals surface area (Å²) in [6.07, 6.45) is -0.325. The SMILES string of the molecule is COc1ccc(NCC2C(c3ccc(O)cc3)=Nc3ccccc3OC2c2ccc(Cl)cc2)cc1. The third kappa shape index (κ3) is 5.10. The summed E-state index contributed by atoms with van der Waals surface area (Å²) in [4.78, 5) is 5.08. The molecule has 1 aliphatic rings. The fourth-order valence-corrected chi connectivity index (χ4v) is 4.35. The maximum atomic E-state index is 9.89. The largest absolute Gasteiger partial charge is 0.508 e. The molecular weight excluding hydrogens is 460 g/mol. The van der Waals surface area contributed by atoms with E-state index < -0.39 is 0 Å². The van der Waals surface area contributed by atoms with E-state index in [9.17, 15) is 5.11 Å². The van der Waals surface area contributed by atoms with Crippen molar-refractivity contribution in [1.82, 2.24) is 0 Å². The number of hydrogen-bond donors (Lipinski definition) is 2. The molecule has 1 aliphatic heterocycles. The summed E-state index contributed by atoms with van der Waals surface area (Å²) >= 11 is 6.19. The number of phenols is 1. The lowest BCUT2D eigenvalue weighted by molar-refractivity contribution is 0.176. The average molecular weight is 485 g/mol. The summed E-state index contributed by atoms with van der Waals surface area (Å²) in [5.41, 5.74) is 4.52. The second-order valence-corrected chi connectivity index (χ2v) is 8.75. The number of benzene rings is 4. The van der Waals surface area contributed by atoms with Gasteiger partial charge in [0, 0.05) is 17.3 Å². The molecule has 0 fully saturated rings. The molecule has 5 nitrogen and oxygen atoms in total. The van der Waals surface area contributed by atoms with Crippen molar-refractivity contribution in [3.05, 3.63) is 113 Å². The molecule has 0 spiro atoms. The highest BCUT2D eigenvalue weighted by molar-refractivity contribution is 6.30. The summed E-state index contributed by atoms with van der Waals surface area (Å²) in [6.45, 7) is 0.563. The minimum atomic E-state index is -0.325. The highest BCUT2D eigenvalue weighted by Gasteiger charge is 2.33. The average Bonchev–Trinajstić information content (AvgIpc) is 3.06. The Bertz CT molecular complexity index is 1320. The predicted octanol–water partition coefficient (Wildman–Crippen LogP) is 7.04. The number of aliphatic imine (C=N–C) groups is 1. The van der Waals surface area contributed by atoms with Crippen LogP contribution in [0.2, 0.25) is 5.02 Å². The number of para-hydroxylation sites is 2. The Balaban J connectivity index is 1.59. The van der Waals surface area contributed by atoms with Crippen molar-refractivity contribution < 1.29 is 14.6 Å². The van der Waals surface area contributed by atoms with E-state index in [1.54, 1.807) is 19.2 Å². The number of nitrogens with zero attached hydrogens (tertiary/aromatic N) is 1. The highest BCUT2D eigenvalue weighted by atomic mass is 35.5. The van der Waals surface area contributed by atoms with Crippen LogP contribution in [-0.2, 0) is 0 Å². The molecule has 0 bridgehead atoms. The number of anilines is 1. The van der Waals surface area contributed by atoms with Gasteiger partial charge in [-0.1, -0.05) is 35.9 Å². The van der Waals surface area contributed by atoms with Crippen molar-refractivity contribution >= 4 is 28.7 Å². The molecule has 0 saturated heterocycles. The van der Waals surface area contributed by atoms with Gasteiger partial charge in [-0.15, -0.1) is 0 Å². The minimum absolute atomic E-state index is 0.157. The van der Waals surface area contributed by atoms with E-state index in [1.165, 1.54) is 0 Å². The highest BCUT2D eigenvalue weighted by Crippen LogP contribution is 2.41. The van der Waals surface area contributed by atoms with Gasteiger partial charge in [-0.2, -0.15) is 0 Å². The third-order valence-corrected chi connectivity index (χ3v) is 6.31. The molecule has 2 N–H and O–H groups in total. The molecular formula is C29H25ClN2O3. The van der Waals surface area contributed by atoms with E-state index in [4.69, 9.17) is 26.1 Å². The minimum Gasteiger partial charge on any atom is -0.508 e. The van der Waals surface area contributed by atoms with Gasteiger partial charge in [-0.05, 0) is 83.9 Å². The van der Waals surface area contributed by atoms with Gasteiger partial charge in [-0.25, -0.2) is 4.99 Å². The van der Waals surface area contributed by atoms with E-state index in [0.717, 1.165) is 39.7 Å². The number of rotatable bonds is 6. The van der Waals surface area contributed by atoms with E-state index in [2.05, 4.69) is 5.32 Å². The number of hydrogen-bond acceptors (Lipinski definition) is 5. The zero-order valence-electron chi connectivity index (χ0n) is 19.2. The fraction of sp³-hybridized carbons (Fsp3) is 0.138. The molecule has 1 heterocycles. The maximum Gasteiger partial charge on any atom is 0.145 e. The predicted molar refractivity (Wildman–Crippen MR) is 141 cm³/mol. The van der Waals surface area contributed by atoms with Crippen molar-refractivity contribution in [1.29, 1.82) is 0 Å². The first-order valence-corrected chi connectivity index (χ1v) is 11.8. The Kier molecular flexibility index (Phi) is 6.59. The summed E-state index contributed by atoms with van der Waals surface area (Å²) in [7, 11) is 1.65. The molecule has 35 heavy (non-hydrogen) atoms. The molecule has 4 aromatic carbocycles. The first-order valence-electron chi connectivity index (χ1n) is 11.4. The van der Waals surface area contributed by atoms with Crippen LogP contribution in [0.25, 0.3) is 0 Å². The summed E-state index contributed by atoms with van der Waals surface area (Å²) in [5.74, 6) is 1.57. The Morgan fingerprint density at radius 3 is 2.34 bits per heavy atom. The van der Waals surface area contributed by atoms with E-state index in [1.807, 2.05) is 84.9 Å². The van der Waals surface area contributed by atoms with Crippen LogP contribution in [0.3, 0.4) is 0 Å². The second-order valence-electron chi connectivity index (χ2n) is 8.32. The first kappa shape index (κ1) is 22.8. The Hall–Kier alpha value is -3.96. The normalized spacial score (nSPS) is 16.9. The van der Waals surface area contributed by atoms with E-state index in [-0.39, 0.29) is 17.8 Å². The van der Waals surface area contributed by atoms with Gasteiger partial charge in [-0.3, -0.25) is 0 Å². The molecule has 0 aliphatic carbocycles. The van der Waals surface area contributed by atoms with Gasteiger partial charge in [0.15, 0.2) is 0 Å². The lowest BCUT2D eigenvalue weighted by atomic mass is 9.87. The molecule has 176 valence electrons. The van der Waals surface area contributed by atoms with Crippen molar-refractivity contribution in [3.63, 3.8) is 0 Å².